The monoisotopic (exact) mass is 127 g/mol. The predicted molar refractivity (Wildman–Crippen MR) is 28.4 cm³/mol. The van der Waals surface area contributed by atoms with E-state index in [9.17, 15) is 5.11 Å². The molecule has 0 bridgehead atoms. The van der Waals surface area contributed by atoms with Gasteiger partial charge in [-0.25, -0.2) is 0 Å². The van der Waals surface area contributed by atoms with E-state index in [1.165, 1.54) is 6.07 Å². The summed E-state index contributed by atoms with van der Waals surface area (Å²) in [6.45, 7) is 1.71. The minimum atomic E-state index is -1.74. The smallest absolute Gasteiger partial charge is 0.116 e. The van der Waals surface area contributed by atoms with Crippen LogP contribution in [0.25, 0.3) is 0 Å². The van der Waals surface area contributed by atoms with Crippen LogP contribution in [-0.2, 0) is 0 Å². The Labute approximate surface area is 52.5 Å². The molecule has 0 radical (unpaired) electrons. The van der Waals surface area contributed by atoms with Gasteiger partial charge in [0.1, 0.15) is 11.5 Å². The molecule has 3 heteroatoms. The molecule has 0 aromatic carbocycles. The fourth-order valence-corrected chi connectivity index (χ4v) is 0.586. The predicted octanol–water partition coefficient (Wildman–Crippen LogP) is -0.0608. The quantitative estimate of drug-likeness (QED) is 0.537. The average Bonchev–Trinajstić information content (AvgIpc) is 2.14. The Hall–Kier alpha value is -0.800. The van der Waals surface area contributed by atoms with Crippen LogP contribution >= 0.6 is 0 Å². The van der Waals surface area contributed by atoms with Crippen LogP contribution in [0.5, 0.6) is 0 Å². The first-order chi connectivity index (χ1) is 4.20. The Balaban J connectivity index is 2.85. The van der Waals surface area contributed by atoms with Gasteiger partial charge in [0, 0.05) is 6.29 Å². The summed E-state index contributed by atoms with van der Waals surface area (Å²) in [5.74, 6) is 0.715. The normalized spacial score (nSPS) is 13.7. The zero-order valence-electron chi connectivity index (χ0n) is 5.00. The first kappa shape index (κ1) is 6.32. The zero-order valence-corrected chi connectivity index (χ0v) is 5.00. The van der Waals surface area contributed by atoms with Crippen LogP contribution < -0.4 is 5.11 Å². The highest BCUT2D eigenvalue weighted by Crippen LogP contribution is 2.10. The van der Waals surface area contributed by atoms with Crippen molar-refractivity contribution in [1.82, 2.24) is 0 Å². The van der Waals surface area contributed by atoms with Gasteiger partial charge in [0.25, 0.3) is 0 Å². The van der Waals surface area contributed by atoms with E-state index in [0.29, 0.717) is 5.76 Å². The molecule has 0 saturated heterocycles. The molecule has 0 amide bonds. The molecule has 1 N–H and O–H groups in total. The van der Waals surface area contributed by atoms with Crippen LogP contribution in [0.15, 0.2) is 16.5 Å². The molecular formula is C6H7O3-. The van der Waals surface area contributed by atoms with Crippen molar-refractivity contribution in [2.24, 2.45) is 0 Å². The van der Waals surface area contributed by atoms with Crippen molar-refractivity contribution in [3.8, 4) is 0 Å². The van der Waals surface area contributed by atoms with Crippen LogP contribution in [0.3, 0.4) is 0 Å². The number of furan rings is 1. The highest BCUT2D eigenvalue weighted by atomic mass is 16.5. The van der Waals surface area contributed by atoms with E-state index in [2.05, 4.69) is 0 Å². The maximum Gasteiger partial charge on any atom is 0.116 e. The summed E-state index contributed by atoms with van der Waals surface area (Å²) < 4.78 is 4.78. The minimum Gasteiger partial charge on any atom is -0.825 e. The summed E-state index contributed by atoms with van der Waals surface area (Å²) in [6, 6.07) is 3.10. The highest BCUT2D eigenvalue weighted by molar-refractivity contribution is 5.05. The molecule has 1 aromatic rings. The fraction of sp³-hybridized carbons (Fsp3) is 0.333. The van der Waals surface area contributed by atoms with Crippen molar-refractivity contribution in [3.05, 3.63) is 23.7 Å². The van der Waals surface area contributed by atoms with Crippen molar-refractivity contribution >= 4 is 0 Å². The second-order valence-corrected chi connectivity index (χ2v) is 1.80. The molecule has 1 heterocycles. The second kappa shape index (κ2) is 2.21. The summed E-state index contributed by atoms with van der Waals surface area (Å²) in [4.78, 5) is 0. The minimum absolute atomic E-state index is 0.0764. The van der Waals surface area contributed by atoms with Crippen molar-refractivity contribution < 1.29 is 14.6 Å². The maximum atomic E-state index is 10.2. The van der Waals surface area contributed by atoms with E-state index in [1.54, 1.807) is 13.0 Å². The van der Waals surface area contributed by atoms with Crippen molar-refractivity contribution in [3.63, 3.8) is 0 Å². The van der Waals surface area contributed by atoms with Gasteiger partial charge in [0.2, 0.25) is 0 Å². The van der Waals surface area contributed by atoms with Crippen LogP contribution in [0, 0.1) is 6.92 Å². The number of aryl methyl sites for hydroxylation is 1. The lowest BCUT2D eigenvalue weighted by Gasteiger charge is -2.09. The van der Waals surface area contributed by atoms with Gasteiger partial charge in [-0.15, -0.1) is 0 Å². The van der Waals surface area contributed by atoms with Gasteiger partial charge in [0.15, 0.2) is 0 Å². The van der Waals surface area contributed by atoms with Gasteiger partial charge in [-0.1, -0.05) is 0 Å². The molecule has 0 aliphatic heterocycles. The van der Waals surface area contributed by atoms with Crippen LogP contribution in [0.1, 0.15) is 17.8 Å². The molecule has 1 atom stereocenters. The largest absolute Gasteiger partial charge is 0.825 e. The summed E-state index contributed by atoms with van der Waals surface area (Å²) >= 11 is 0. The molecule has 1 unspecified atom stereocenters. The fourth-order valence-electron chi connectivity index (χ4n) is 0.586. The Morgan fingerprint density at radius 1 is 1.67 bits per heavy atom. The Kier molecular flexibility index (Phi) is 1.55. The molecule has 1 aromatic heterocycles. The molecule has 0 saturated carbocycles. The number of aliphatic hydroxyl groups is 1. The molecular weight excluding hydrogens is 120 g/mol. The third kappa shape index (κ3) is 1.31. The van der Waals surface area contributed by atoms with E-state index >= 15 is 0 Å². The van der Waals surface area contributed by atoms with Gasteiger partial charge >= 0.3 is 0 Å². The lowest BCUT2D eigenvalue weighted by Crippen LogP contribution is -2.12. The van der Waals surface area contributed by atoms with Crippen molar-refractivity contribution in [2.75, 3.05) is 0 Å². The van der Waals surface area contributed by atoms with Gasteiger partial charge in [-0.3, -0.25) is 0 Å². The number of hydrogen-bond donors (Lipinski definition) is 1. The van der Waals surface area contributed by atoms with Gasteiger partial charge in [-0.05, 0) is 19.1 Å². The molecule has 0 fully saturated rings. The van der Waals surface area contributed by atoms with Crippen LogP contribution in [-0.4, -0.2) is 5.11 Å². The van der Waals surface area contributed by atoms with Gasteiger partial charge in [0.05, 0.1) is 0 Å². The number of aliphatic hydroxyl groups excluding tert-OH is 1. The maximum absolute atomic E-state index is 10.2. The van der Waals surface area contributed by atoms with Crippen molar-refractivity contribution in [1.29, 1.82) is 0 Å². The summed E-state index contributed by atoms with van der Waals surface area (Å²) in [7, 11) is 0. The molecule has 0 aliphatic rings. The average molecular weight is 127 g/mol. The van der Waals surface area contributed by atoms with E-state index in [4.69, 9.17) is 9.52 Å². The lowest BCUT2D eigenvalue weighted by atomic mass is 10.4. The lowest BCUT2D eigenvalue weighted by molar-refractivity contribution is -0.494. The Bertz CT molecular complexity index is 190. The van der Waals surface area contributed by atoms with Crippen LogP contribution in [0.2, 0.25) is 0 Å². The van der Waals surface area contributed by atoms with E-state index < -0.39 is 6.29 Å². The summed E-state index contributed by atoms with van der Waals surface area (Å²) in [5.41, 5.74) is 0. The SMILES string of the molecule is Cc1ccc(C([O-])O)o1. The third-order valence-corrected chi connectivity index (χ3v) is 1.00. The van der Waals surface area contributed by atoms with E-state index in [1.807, 2.05) is 0 Å². The number of rotatable bonds is 1. The molecule has 0 spiro atoms. The first-order valence-corrected chi connectivity index (χ1v) is 2.60. The van der Waals surface area contributed by atoms with E-state index in [-0.39, 0.29) is 5.76 Å². The Morgan fingerprint density at radius 2 is 2.33 bits per heavy atom. The highest BCUT2D eigenvalue weighted by Gasteiger charge is 1.97. The molecule has 1 rings (SSSR count). The molecule has 50 valence electrons. The second-order valence-electron chi connectivity index (χ2n) is 1.80. The topological polar surface area (TPSA) is 56.4 Å². The molecule has 3 nitrogen and oxygen atoms in total. The summed E-state index contributed by atoms with van der Waals surface area (Å²) in [5, 5.41) is 18.6. The third-order valence-electron chi connectivity index (χ3n) is 1.00. The van der Waals surface area contributed by atoms with Gasteiger partial charge < -0.3 is 14.6 Å². The summed E-state index contributed by atoms with van der Waals surface area (Å²) in [6.07, 6.45) is -1.74. The first-order valence-electron chi connectivity index (χ1n) is 2.60. The standard InChI is InChI=1S/C6H7O3/c1-4-2-3-5(9-4)6(7)8/h2-3,6-7H,1H3/q-1. The van der Waals surface area contributed by atoms with Gasteiger partial charge in [-0.2, -0.15) is 0 Å². The van der Waals surface area contributed by atoms with Crippen molar-refractivity contribution in [2.45, 2.75) is 13.2 Å². The van der Waals surface area contributed by atoms with E-state index in [0.717, 1.165) is 0 Å². The molecule has 9 heavy (non-hydrogen) atoms. The van der Waals surface area contributed by atoms with Crippen LogP contribution in [0.4, 0.5) is 0 Å². The number of hydrogen-bond acceptors (Lipinski definition) is 3. The zero-order chi connectivity index (χ0) is 6.85. The molecule has 0 aliphatic carbocycles. The Morgan fingerprint density at radius 3 is 2.56 bits per heavy atom.